The van der Waals surface area contributed by atoms with E-state index in [-0.39, 0.29) is 18.5 Å². The monoisotopic (exact) mass is 331 g/mol. The summed E-state index contributed by atoms with van der Waals surface area (Å²) in [5, 5.41) is 58.9. The van der Waals surface area contributed by atoms with E-state index < -0.39 is 24.4 Å². The number of aromatic nitrogens is 2. The summed E-state index contributed by atoms with van der Waals surface area (Å²) in [4.78, 5) is 8.12. The van der Waals surface area contributed by atoms with Crippen molar-refractivity contribution in [2.24, 2.45) is 0 Å². The number of aliphatic hydroxyl groups is 6. The number of hydrogen-bond acceptors (Lipinski definition) is 9. The molecule has 0 amide bonds. The molecule has 0 aromatic carbocycles. The lowest BCUT2D eigenvalue weighted by Crippen LogP contribution is -2.46. The van der Waals surface area contributed by atoms with Gasteiger partial charge in [0.05, 0.1) is 18.0 Å². The van der Waals surface area contributed by atoms with Gasteiger partial charge in [-0.05, 0) is 19.4 Å². The van der Waals surface area contributed by atoms with Crippen molar-refractivity contribution in [1.82, 2.24) is 15.3 Å². The quantitative estimate of drug-likeness (QED) is 0.232. The second-order valence-electron chi connectivity index (χ2n) is 5.45. The van der Waals surface area contributed by atoms with Gasteiger partial charge in [-0.3, -0.25) is 15.3 Å². The Balaban J connectivity index is 2.51. The van der Waals surface area contributed by atoms with Crippen LogP contribution in [0.15, 0.2) is 12.4 Å². The van der Waals surface area contributed by atoms with E-state index in [1.54, 1.807) is 6.92 Å². The number of rotatable bonds is 10. The van der Waals surface area contributed by atoms with Crippen molar-refractivity contribution in [3.05, 3.63) is 23.8 Å². The van der Waals surface area contributed by atoms with Crippen LogP contribution in [0.25, 0.3) is 0 Å². The van der Waals surface area contributed by atoms with Crippen molar-refractivity contribution < 1.29 is 30.6 Å². The molecule has 1 aromatic rings. The van der Waals surface area contributed by atoms with Crippen molar-refractivity contribution in [3.63, 3.8) is 0 Å². The largest absolute Gasteiger partial charge is 0.393 e. The first-order chi connectivity index (χ1) is 10.7. The van der Waals surface area contributed by atoms with Crippen molar-refractivity contribution in [2.45, 2.75) is 50.4 Å². The molecule has 23 heavy (non-hydrogen) atoms. The highest BCUT2D eigenvalue weighted by Gasteiger charge is 2.33. The Morgan fingerprint density at radius 2 is 1.74 bits per heavy atom. The summed E-state index contributed by atoms with van der Waals surface area (Å²) < 4.78 is 0. The van der Waals surface area contributed by atoms with E-state index in [0.717, 1.165) is 0 Å². The average Bonchev–Trinajstić information content (AvgIpc) is 2.47. The minimum atomic E-state index is -2.48. The summed E-state index contributed by atoms with van der Waals surface area (Å²) in [6.07, 6.45) is 1.79. The second-order valence-corrected chi connectivity index (χ2v) is 5.45. The Hall–Kier alpha value is -1.20. The minimum absolute atomic E-state index is 0.128. The van der Waals surface area contributed by atoms with Gasteiger partial charge in [-0.25, -0.2) is 0 Å². The fourth-order valence-corrected chi connectivity index (χ4v) is 2.02. The first-order valence-electron chi connectivity index (χ1n) is 7.43. The van der Waals surface area contributed by atoms with Gasteiger partial charge in [0.1, 0.15) is 6.10 Å². The number of hydrogen-bond donors (Lipinski definition) is 7. The third kappa shape index (κ3) is 6.83. The summed E-state index contributed by atoms with van der Waals surface area (Å²) in [7, 11) is 0. The van der Waals surface area contributed by atoms with Gasteiger partial charge < -0.3 is 30.6 Å². The molecule has 0 aliphatic rings. The maximum atomic E-state index is 9.60. The van der Waals surface area contributed by atoms with Crippen molar-refractivity contribution in [3.8, 4) is 0 Å². The molecule has 1 atom stereocenters. The molecule has 0 saturated carbocycles. The summed E-state index contributed by atoms with van der Waals surface area (Å²) in [5.41, 5.74) is 0.864. The topological polar surface area (TPSA) is 159 Å². The first-order valence-corrected chi connectivity index (χ1v) is 7.43. The highest BCUT2D eigenvalue weighted by molar-refractivity contribution is 5.05. The summed E-state index contributed by atoms with van der Waals surface area (Å²) in [6, 6.07) is 0. The number of aliphatic hydroxyl groups excluding tert-OH is 2. The minimum Gasteiger partial charge on any atom is -0.393 e. The standard InChI is InChI=1S/C14H25N3O6/c1-2-17-14(22,23)5-3-4-10-7-16-11(8-15-10)6-13(20,21)12(19)9-18/h7-8,12,17-23H,2-6,9H2,1H3. The van der Waals surface area contributed by atoms with Gasteiger partial charge in [-0.1, -0.05) is 6.92 Å². The number of nitrogens with zero attached hydrogens (tertiary/aromatic N) is 2. The van der Waals surface area contributed by atoms with E-state index in [4.69, 9.17) is 5.11 Å². The van der Waals surface area contributed by atoms with Gasteiger partial charge in [-0.15, -0.1) is 0 Å². The Labute approximate surface area is 134 Å². The van der Waals surface area contributed by atoms with Gasteiger partial charge in [-0.2, -0.15) is 0 Å². The molecule has 1 unspecified atom stereocenters. The van der Waals surface area contributed by atoms with Crippen LogP contribution in [0.4, 0.5) is 0 Å². The predicted octanol–water partition coefficient (Wildman–Crippen LogP) is -2.38. The molecule has 7 N–H and O–H groups in total. The van der Waals surface area contributed by atoms with Gasteiger partial charge in [0.25, 0.3) is 0 Å². The van der Waals surface area contributed by atoms with Gasteiger partial charge in [0.15, 0.2) is 5.79 Å². The molecule has 9 heteroatoms. The van der Waals surface area contributed by atoms with Crippen LogP contribution in [0.5, 0.6) is 0 Å². The predicted molar refractivity (Wildman–Crippen MR) is 79.8 cm³/mol. The van der Waals surface area contributed by atoms with Crippen LogP contribution in [0.2, 0.25) is 0 Å². The molecular formula is C14H25N3O6. The van der Waals surface area contributed by atoms with Crippen LogP contribution < -0.4 is 5.32 Å². The number of aryl methyl sites for hydroxylation is 1. The van der Waals surface area contributed by atoms with Crippen LogP contribution in [0.3, 0.4) is 0 Å². The van der Waals surface area contributed by atoms with E-state index in [2.05, 4.69) is 15.3 Å². The molecule has 9 nitrogen and oxygen atoms in total. The van der Waals surface area contributed by atoms with E-state index in [1.807, 2.05) is 0 Å². The summed E-state index contributed by atoms with van der Waals surface area (Å²) in [6.45, 7) is 1.42. The lowest BCUT2D eigenvalue weighted by Gasteiger charge is -2.25. The Kier molecular flexibility index (Phi) is 7.42. The van der Waals surface area contributed by atoms with Crippen LogP contribution >= 0.6 is 0 Å². The Bertz CT molecular complexity index is 466. The van der Waals surface area contributed by atoms with Crippen molar-refractivity contribution in [1.29, 1.82) is 0 Å². The first kappa shape index (κ1) is 19.8. The summed E-state index contributed by atoms with van der Waals surface area (Å²) in [5.74, 6) is -4.39. The van der Waals surface area contributed by atoms with E-state index in [1.165, 1.54) is 12.4 Å². The molecule has 0 saturated heterocycles. The highest BCUT2D eigenvalue weighted by atomic mass is 16.5. The fraction of sp³-hybridized carbons (Fsp3) is 0.714. The normalized spacial score (nSPS) is 14.0. The molecule has 0 radical (unpaired) electrons. The van der Waals surface area contributed by atoms with Crippen LogP contribution in [0, 0.1) is 0 Å². The van der Waals surface area contributed by atoms with Crippen LogP contribution in [-0.4, -0.2) is 71.6 Å². The molecule has 132 valence electrons. The number of nitrogens with one attached hydrogen (secondary N) is 1. The van der Waals surface area contributed by atoms with E-state index in [0.29, 0.717) is 25.1 Å². The lowest BCUT2D eigenvalue weighted by molar-refractivity contribution is -0.231. The van der Waals surface area contributed by atoms with Crippen LogP contribution in [-0.2, 0) is 12.8 Å². The molecule has 0 spiro atoms. The smallest absolute Gasteiger partial charge is 0.222 e. The third-order valence-electron chi connectivity index (χ3n) is 3.32. The molecule has 1 rings (SSSR count). The molecule has 0 aliphatic heterocycles. The van der Waals surface area contributed by atoms with Crippen molar-refractivity contribution >= 4 is 0 Å². The molecule has 0 aliphatic carbocycles. The van der Waals surface area contributed by atoms with Crippen LogP contribution in [0.1, 0.15) is 31.2 Å². The highest BCUT2D eigenvalue weighted by Crippen LogP contribution is 2.14. The molecular weight excluding hydrogens is 306 g/mol. The molecule has 0 bridgehead atoms. The fourth-order valence-electron chi connectivity index (χ4n) is 2.02. The third-order valence-corrected chi connectivity index (χ3v) is 3.32. The average molecular weight is 331 g/mol. The second kappa shape index (κ2) is 8.60. The Morgan fingerprint density at radius 1 is 1.13 bits per heavy atom. The lowest BCUT2D eigenvalue weighted by atomic mass is 10.1. The maximum absolute atomic E-state index is 9.60. The van der Waals surface area contributed by atoms with Gasteiger partial charge in [0.2, 0.25) is 5.91 Å². The zero-order chi connectivity index (χ0) is 17.5. The molecule has 0 fully saturated rings. The zero-order valence-corrected chi connectivity index (χ0v) is 13.1. The summed E-state index contributed by atoms with van der Waals surface area (Å²) >= 11 is 0. The van der Waals surface area contributed by atoms with E-state index >= 15 is 0 Å². The Morgan fingerprint density at radius 3 is 2.26 bits per heavy atom. The molecule has 1 aromatic heterocycles. The SMILES string of the molecule is CCNC(O)(O)CCCc1cnc(CC(O)(O)C(O)CO)cn1. The van der Waals surface area contributed by atoms with E-state index in [9.17, 15) is 25.5 Å². The van der Waals surface area contributed by atoms with Crippen molar-refractivity contribution in [2.75, 3.05) is 13.2 Å². The van der Waals surface area contributed by atoms with Gasteiger partial charge >= 0.3 is 0 Å². The van der Waals surface area contributed by atoms with Gasteiger partial charge in [0, 0.05) is 25.2 Å². The molecule has 1 heterocycles. The zero-order valence-electron chi connectivity index (χ0n) is 13.1. The maximum Gasteiger partial charge on any atom is 0.222 e.